The number of hydroxylamine groups is 4. The maximum Gasteiger partial charge on any atom is 0.0870 e. The third-order valence-corrected chi connectivity index (χ3v) is 5.53. The minimum absolute atomic E-state index is 0.641. The van der Waals surface area contributed by atoms with Crippen molar-refractivity contribution in [3.63, 3.8) is 0 Å². The summed E-state index contributed by atoms with van der Waals surface area (Å²) in [4.78, 5) is 4.85. The molecule has 0 unspecified atom stereocenters. The highest BCUT2D eigenvalue weighted by molar-refractivity contribution is 5.48. The number of fused-ring (bicyclic) bond motifs is 2. The molecule has 0 saturated carbocycles. The Morgan fingerprint density at radius 2 is 1.00 bits per heavy atom. The summed E-state index contributed by atoms with van der Waals surface area (Å²) >= 11 is 0. The highest BCUT2D eigenvalue weighted by atomic mass is 16.5. The molecule has 22 heavy (non-hydrogen) atoms. The lowest BCUT2D eigenvalue weighted by Crippen LogP contribution is -2.43. The van der Waals surface area contributed by atoms with Crippen molar-refractivity contribution in [2.75, 3.05) is 0 Å². The Kier molecular flexibility index (Phi) is 2.81. The summed E-state index contributed by atoms with van der Waals surface area (Å²) in [6.07, 6.45) is 0. The molecule has 120 valence electrons. The van der Waals surface area contributed by atoms with Crippen molar-refractivity contribution < 1.29 is 10.4 Å². The first-order chi connectivity index (χ1) is 9.76. The summed E-state index contributed by atoms with van der Waals surface area (Å²) < 4.78 is 0. The van der Waals surface area contributed by atoms with Crippen molar-refractivity contribution in [1.29, 1.82) is 0 Å². The van der Waals surface area contributed by atoms with Crippen LogP contribution in [0.15, 0.2) is 6.07 Å². The standard InChI is InChI=1S/C17H25N3O2/c1-14(2)10-9-11-13(17(7,8)20(22)15(11,3)4)18-12(10)16(5,6)19(14)21/h9H,1-8H3. The number of hydrogen-bond acceptors (Lipinski definition) is 3. The van der Waals surface area contributed by atoms with Gasteiger partial charge in [-0.05, 0) is 72.6 Å². The van der Waals surface area contributed by atoms with Crippen LogP contribution in [0.2, 0.25) is 0 Å². The van der Waals surface area contributed by atoms with Crippen molar-refractivity contribution in [3.05, 3.63) is 28.6 Å². The van der Waals surface area contributed by atoms with Gasteiger partial charge in [-0.1, -0.05) is 0 Å². The number of aromatic nitrogens is 1. The number of hydrogen-bond donors (Lipinski definition) is 0. The van der Waals surface area contributed by atoms with E-state index in [1.54, 1.807) is 0 Å². The van der Waals surface area contributed by atoms with Gasteiger partial charge in [-0.3, -0.25) is 4.98 Å². The highest BCUT2D eigenvalue weighted by Crippen LogP contribution is 2.53. The fourth-order valence-corrected chi connectivity index (χ4v) is 4.19. The van der Waals surface area contributed by atoms with Crippen LogP contribution < -0.4 is 0 Å². The summed E-state index contributed by atoms with van der Waals surface area (Å²) in [6, 6.07) is 2.04. The summed E-state index contributed by atoms with van der Waals surface area (Å²) in [6.45, 7) is 15.3. The zero-order valence-corrected chi connectivity index (χ0v) is 14.7. The SMILES string of the molecule is CC1(C)c2cc3c(nc2C(C)(C)N1[O])C(C)(C)N([O])C3(C)C. The number of nitrogens with zero attached hydrogens (tertiary/aromatic N) is 3. The van der Waals surface area contributed by atoms with E-state index >= 15 is 0 Å². The fourth-order valence-electron chi connectivity index (χ4n) is 4.19. The molecule has 0 fully saturated rings. The van der Waals surface area contributed by atoms with Crippen LogP contribution in [-0.2, 0) is 32.6 Å². The van der Waals surface area contributed by atoms with Gasteiger partial charge in [0.05, 0.1) is 33.5 Å². The second-order valence-corrected chi connectivity index (χ2v) is 8.61. The fraction of sp³-hybridized carbons (Fsp3) is 0.706. The van der Waals surface area contributed by atoms with Gasteiger partial charge in [0.1, 0.15) is 0 Å². The summed E-state index contributed by atoms with van der Waals surface area (Å²) in [5.41, 5.74) is 0.801. The van der Waals surface area contributed by atoms with E-state index in [1.165, 1.54) is 0 Å². The molecule has 5 heteroatoms. The monoisotopic (exact) mass is 303 g/mol. The molecule has 0 amide bonds. The average Bonchev–Trinajstić information content (AvgIpc) is 2.63. The minimum atomic E-state index is -0.690. The second kappa shape index (κ2) is 3.90. The maximum atomic E-state index is 12.7. The van der Waals surface area contributed by atoms with Crippen LogP contribution in [0.25, 0.3) is 0 Å². The van der Waals surface area contributed by atoms with Gasteiger partial charge in [0.15, 0.2) is 0 Å². The second-order valence-electron chi connectivity index (χ2n) is 8.61. The van der Waals surface area contributed by atoms with Gasteiger partial charge in [-0.25, -0.2) is 0 Å². The molecule has 5 nitrogen and oxygen atoms in total. The van der Waals surface area contributed by atoms with Crippen LogP contribution in [0.1, 0.15) is 77.9 Å². The number of rotatable bonds is 0. The van der Waals surface area contributed by atoms with Crippen LogP contribution in [0.3, 0.4) is 0 Å². The smallest absolute Gasteiger partial charge is 0.0870 e. The van der Waals surface area contributed by atoms with Crippen molar-refractivity contribution in [1.82, 2.24) is 15.1 Å². The minimum Gasteiger partial charge on any atom is -0.253 e. The molecule has 0 aliphatic carbocycles. The molecule has 0 atom stereocenters. The lowest BCUT2D eigenvalue weighted by molar-refractivity contribution is -0.269. The first-order valence-electron chi connectivity index (χ1n) is 7.78. The Morgan fingerprint density at radius 1 is 0.682 bits per heavy atom. The Hall–Kier alpha value is -1.01. The van der Waals surface area contributed by atoms with E-state index in [1.807, 2.05) is 61.5 Å². The zero-order valence-electron chi connectivity index (χ0n) is 14.7. The van der Waals surface area contributed by atoms with E-state index in [0.29, 0.717) is 0 Å². The van der Waals surface area contributed by atoms with Gasteiger partial charge in [0.25, 0.3) is 0 Å². The van der Waals surface area contributed by atoms with Crippen LogP contribution in [0, 0.1) is 0 Å². The Bertz CT molecular complexity index is 554. The molecule has 1 aromatic rings. The van der Waals surface area contributed by atoms with Crippen molar-refractivity contribution in [2.45, 2.75) is 77.5 Å². The highest BCUT2D eigenvalue weighted by Gasteiger charge is 2.56. The summed E-state index contributed by atoms with van der Waals surface area (Å²) in [5.74, 6) is 0. The predicted molar refractivity (Wildman–Crippen MR) is 81.4 cm³/mol. The van der Waals surface area contributed by atoms with Crippen molar-refractivity contribution in [2.24, 2.45) is 0 Å². The molecule has 3 heterocycles. The van der Waals surface area contributed by atoms with Crippen LogP contribution >= 0.6 is 0 Å². The maximum absolute atomic E-state index is 12.7. The van der Waals surface area contributed by atoms with E-state index in [0.717, 1.165) is 32.6 Å². The molecule has 0 saturated heterocycles. The van der Waals surface area contributed by atoms with Crippen molar-refractivity contribution in [3.8, 4) is 0 Å². The lowest BCUT2D eigenvalue weighted by atomic mass is 9.87. The van der Waals surface area contributed by atoms with Gasteiger partial charge >= 0.3 is 0 Å². The molecule has 2 aliphatic heterocycles. The molecule has 0 bridgehead atoms. The van der Waals surface area contributed by atoms with Crippen LogP contribution in [0.4, 0.5) is 0 Å². The van der Waals surface area contributed by atoms with Gasteiger partial charge in [-0.15, -0.1) is 20.5 Å². The largest absolute Gasteiger partial charge is 0.253 e. The summed E-state index contributed by atoms with van der Waals surface area (Å²) in [5, 5.41) is 27.7. The molecule has 0 spiro atoms. The first-order valence-corrected chi connectivity index (χ1v) is 7.78. The molecule has 1 aromatic heterocycles. The van der Waals surface area contributed by atoms with Crippen molar-refractivity contribution >= 4 is 0 Å². The molecule has 2 radical (unpaired) electrons. The first kappa shape index (κ1) is 15.9. The third kappa shape index (κ3) is 1.55. The van der Waals surface area contributed by atoms with Gasteiger partial charge < -0.3 is 0 Å². The van der Waals surface area contributed by atoms with Gasteiger partial charge in [0.2, 0.25) is 0 Å². The molecule has 3 rings (SSSR count). The number of pyridine rings is 1. The van der Waals surface area contributed by atoms with Crippen LogP contribution in [0.5, 0.6) is 0 Å². The van der Waals surface area contributed by atoms with E-state index in [4.69, 9.17) is 4.98 Å². The van der Waals surface area contributed by atoms with E-state index in [-0.39, 0.29) is 0 Å². The predicted octanol–water partition coefficient (Wildman–Crippen LogP) is 3.34. The normalized spacial score (nSPS) is 27.7. The van der Waals surface area contributed by atoms with Crippen LogP contribution in [-0.4, -0.2) is 15.1 Å². The Labute approximate surface area is 132 Å². The Morgan fingerprint density at radius 3 is 1.32 bits per heavy atom. The molecule has 2 aliphatic rings. The lowest BCUT2D eigenvalue weighted by Gasteiger charge is -2.33. The summed E-state index contributed by atoms with van der Waals surface area (Å²) in [7, 11) is 0. The molecular weight excluding hydrogens is 278 g/mol. The molecule has 0 aromatic carbocycles. The van der Waals surface area contributed by atoms with Gasteiger partial charge in [-0.2, -0.15) is 0 Å². The van der Waals surface area contributed by atoms with Gasteiger partial charge in [0, 0.05) is 0 Å². The Balaban J connectivity index is 2.36. The average molecular weight is 303 g/mol. The quantitative estimate of drug-likeness (QED) is 0.738. The topological polar surface area (TPSA) is 59.2 Å². The van der Waals surface area contributed by atoms with E-state index in [9.17, 15) is 10.4 Å². The molecule has 0 N–H and O–H groups in total. The third-order valence-electron chi connectivity index (χ3n) is 5.53. The van der Waals surface area contributed by atoms with E-state index in [2.05, 4.69) is 0 Å². The van der Waals surface area contributed by atoms with E-state index < -0.39 is 22.2 Å². The zero-order chi connectivity index (χ0) is 16.9. The molecular formula is C17H25N3O2.